The molecule has 0 aliphatic rings. The molecule has 0 radical (unpaired) electrons. The number of hydrogen-bond acceptors (Lipinski definition) is 7. The normalized spacial score (nSPS) is 8.00. The van der Waals surface area contributed by atoms with Gasteiger partial charge in [-0.05, 0) is 0 Å². The van der Waals surface area contributed by atoms with Gasteiger partial charge in [0.1, 0.15) is 0 Å². The number of carboxylic acid groups (broad SMARTS) is 1. The van der Waals surface area contributed by atoms with Gasteiger partial charge in [0.15, 0.2) is 0 Å². The molecule has 0 atom stereocenters. The van der Waals surface area contributed by atoms with Gasteiger partial charge in [-0.2, -0.15) is 0 Å². The highest BCUT2D eigenvalue weighted by Crippen LogP contribution is 1.89. The van der Waals surface area contributed by atoms with Gasteiger partial charge in [-0.1, -0.05) is 0 Å². The van der Waals surface area contributed by atoms with Crippen molar-refractivity contribution in [2.45, 2.75) is 0 Å². The molecule has 0 aliphatic heterocycles. The topological polar surface area (TPSA) is 116 Å². The zero-order valence-electron chi connectivity index (χ0n) is 5.38. The average molecular weight is 178 g/mol. The van der Waals surface area contributed by atoms with E-state index in [-0.39, 0.29) is 6.47 Å². The van der Waals surface area contributed by atoms with E-state index >= 15 is 0 Å². The average Bonchev–Trinajstić information content (AvgIpc) is 1.84. The second-order valence-corrected chi connectivity index (χ2v) is 1.18. The standard InChI is InChI=1S/C4H2O8/c5-1-10-3(8)12-4(9)11-2(6)7/h1H,(H,6,7). The zero-order valence-corrected chi connectivity index (χ0v) is 5.38. The second-order valence-electron chi connectivity index (χ2n) is 1.18. The Morgan fingerprint density at radius 3 is 2.08 bits per heavy atom. The van der Waals surface area contributed by atoms with Crippen molar-refractivity contribution in [2.75, 3.05) is 0 Å². The van der Waals surface area contributed by atoms with Crippen LogP contribution >= 0.6 is 0 Å². The first kappa shape index (κ1) is 9.88. The van der Waals surface area contributed by atoms with Gasteiger partial charge in [0, 0.05) is 0 Å². The highest BCUT2D eigenvalue weighted by atomic mass is 16.8. The van der Waals surface area contributed by atoms with E-state index in [1.807, 2.05) is 0 Å². The van der Waals surface area contributed by atoms with Crippen LogP contribution in [0, 0.1) is 0 Å². The Balaban J connectivity index is 3.76. The lowest BCUT2D eigenvalue weighted by Gasteiger charge is -1.96. The minimum Gasteiger partial charge on any atom is -0.449 e. The molecular weight excluding hydrogens is 176 g/mol. The van der Waals surface area contributed by atoms with Crippen LogP contribution in [0.15, 0.2) is 0 Å². The molecule has 0 bridgehead atoms. The summed E-state index contributed by atoms with van der Waals surface area (Å²) in [5.74, 6) is 0. The summed E-state index contributed by atoms with van der Waals surface area (Å²) in [6.07, 6.45) is -5.41. The fraction of sp³-hybridized carbons (Fsp3) is 0. The molecule has 0 saturated heterocycles. The van der Waals surface area contributed by atoms with Crippen LogP contribution in [0.4, 0.5) is 14.4 Å². The first-order valence-electron chi connectivity index (χ1n) is 2.33. The van der Waals surface area contributed by atoms with Gasteiger partial charge in [-0.25, -0.2) is 14.4 Å². The molecule has 0 aromatic carbocycles. The summed E-state index contributed by atoms with van der Waals surface area (Å²) in [5, 5.41) is 7.78. The van der Waals surface area contributed by atoms with E-state index in [1.165, 1.54) is 0 Å². The quantitative estimate of drug-likeness (QED) is 0.341. The molecule has 8 heteroatoms. The molecule has 0 unspecified atom stereocenters. The Morgan fingerprint density at radius 1 is 1.08 bits per heavy atom. The molecular formula is C4H2O8. The maximum Gasteiger partial charge on any atom is 0.528 e. The Kier molecular flexibility index (Phi) is 3.84. The number of rotatable bonds is 1. The van der Waals surface area contributed by atoms with Crippen LogP contribution < -0.4 is 0 Å². The third-order valence-corrected chi connectivity index (χ3v) is 0.482. The highest BCUT2D eigenvalue weighted by molar-refractivity contribution is 5.84. The SMILES string of the molecule is O=COC(=O)OC(=O)OC(=O)O. The molecule has 1 N–H and O–H groups in total. The van der Waals surface area contributed by atoms with Crippen LogP contribution in [0.2, 0.25) is 0 Å². The summed E-state index contributed by atoms with van der Waals surface area (Å²) in [4.78, 5) is 39.2. The third kappa shape index (κ3) is 4.73. The molecule has 66 valence electrons. The van der Waals surface area contributed by atoms with Gasteiger partial charge < -0.3 is 19.3 Å². The van der Waals surface area contributed by atoms with Crippen molar-refractivity contribution in [1.29, 1.82) is 0 Å². The van der Waals surface area contributed by atoms with Crippen molar-refractivity contribution in [1.82, 2.24) is 0 Å². The predicted molar refractivity (Wildman–Crippen MR) is 28.1 cm³/mol. The lowest BCUT2D eigenvalue weighted by molar-refractivity contribution is -0.124. The highest BCUT2D eigenvalue weighted by Gasteiger charge is 2.15. The molecule has 0 heterocycles. The van der Waals surface area contributed by atoms with Crippen LogP contribution in [-0.2, 0) is 19.0 Å². The molecule has 12 heavy (non-hydrogen) atoms. The molecule has 0 aromatic rings. The van der Waals surface area contributed by atoms with Gasteiger partial charge >= 0.3 is 24.9 Å². The van der Waals surface area contributed by atoms with Crippen LogP contribution in [0.1, 0.15) is 0 Å². The smallest absolute Gasteiger partial charge is 0.449 e. The predicted octanol–water partition coefficient (Wildman–Crippen LogP) is 0.111. The molecule has 0 aromatic heterocycles. The second kappa shape index (κ2) is 4.66. The first-order chi connectivity index (χ1) is 5.56. The fourth-order valence-corrected chi connectivity index (χ4v) is 0.224. The molecule has 8 nitrogen and oxygen atoms in total. The van der Waals surface area contributed by atoms with Crippen molar-refractivity contribution >= 4 is 24.9 Å². The number of carbonyl (C=O) groups excluding carboxylic acids is 3. The van der Waals surface area contributed by atoms with E-state index in [0.717, 1.165) is 0 Å². The summed E-state index contributed by atoms with van der Waals surface area (Å²) in [5.41, 5.74) is 0. The van der Waals surface area contributed by atoms with E-state index in [1.54, 1.807) is 0 Å². The molecule has 0 saturated carbocycles. The Bertz CT molecular complexity index is 217. The molecule has 0 rings (SSSR count). The van der Waals surface area contributed by atoms with Crippen molar-refractivity contribution in [3.8, 4) is 0 Å². The van der Waals surface area contributed by atoms with Crippen molar-refractivity contribution < 1.29 is 38.5 Å². The largest absolute Gasteiger partial charge is 0.528 e. The van der Waals surface area contributed by atoms with E-state index in [9.17, 15) is 19.2 Å². The molecule has 0 aliphatic carbocycles. The van der Waals surface area contributed by atoms with Crippen molar-refractivity contribution in [2.24, 2.45) is 0 Å². The van der Waals surface area contributed by atoms with Crippen LogP contribution in [-0.4, -0.2) is 30.0 Å². The number of hydrogen-bond donors (Lipinski definition) is 1. The molecule has 0 amide bonds. The summed E-state index contributed by atoms with van der Waals surface area (Å²) >= 11 is 0. The summed E-state index contributed by atoms with van der Waals surface area (Å²) in [6, 6.07) is 0. The maximum atomic E-state index is 10.1. The van der Waals surface area contributed by atoms with Crippen LogP contribution in [0.3, 0.4) is 0 Å². The van der Waals surface area contributed by atoms with E-state index in [4.69, 9.17) is 5.11 Å². The van der Waals surface area contributed by atoms with Gasteiger partial charge in [-0.3, -0.25) is 4.79 Å². The monoisotopic (exact) mass is 178 g/mol. The van der Waals surface area contributed by atoms with Crippen LogP contribution in [0.5, 0.6) is 0 Å². The maximum absolute atomic E-state index is 10.1. The van der Waals surface area contributed by atoms with Gasteiger partial charge in [0.05, 0.1) is 0 Å². The molecule has 0 spiro atoms. The number of ether oxygens (including phenoxy) is 3. The third-order valence-electron chi connectivity index (χ3n) is 0.482. The lowest BCUT2D eigenvalue weighted by atomic mass is 11.2. The minimum atomic E-state index is -1.95. The van der Waals surface area contributed by atoms with E-state index in [2.05, 4.69) is 14.2 Å². The first-order valence-corrected chi connectivity index (χ1v) is 2.33. The summed E-state index contributed by atoms with van der Waals surface area (Å²) < 4.78 is 10.2. The van der Waals surface area contributed by atoms with Crippen LogP contribution in [0.25, 0.3) is 0 Å². The lowest BCUT2D eigenvalue weighted by Crippen LogP contribution is -2.16. The van der Waals surface area contributed by atoms with Gasteiger partial charge in [0.25, 0.3) is 0 Å². The summed E-state index contributed by atoms with van der Waals surface area (Å²) in [7, 11) is 0. The van der Waals surface area contributed by atoms with Gasteiger partial charge in [0.2, 0.25) is 0 Å². The van der Waals surface area contributed by atoms with Crippen molar-refractivity contribution in [3.63, 3.8) is 0 Å². The Labute approximate surface area is 64.6 Å². The van der Waals surface area contributed by atoms with E-state index < -0.39 is 18.5 Å². The molecule has 0 fully saturated rings. The zero-order chi connectivity index (χ0) is 9.56. The minimum absolute atomic E-state index is 0.295. The number of carbonyl (C=O) groups is 4. The summed E-state index contributed by atoms with van der Waals surface area (Å²) in [6.45, 7) is -0.295. The van der Waals surface area contributed by atoms with Crippen molar-refractivity contribution in [3.05, 3.63) is 0 Å². The Hall–Kier alpha value is -2.12. The van der Waals surface area contributed by atoms with E-state index in [0.29, 0.717) is 0 Å². The Morgan fingerprint density at radius 2 is 1.67 bits per heavy atom. The fourth-order valence-electron chi connectivity index (χ4n) is 0.224. The van der Waals surface area contributed by atoms with Gasteiger partial charge in [-0.15, -0.1) is 0 Å².